The van der Waals surface area contributed by atoms with Crippen LogP contribution in [-0.4, -0.2) is 29.2 Å². The van der Waals surface area contributed by atoms with Crippen LogP contribution >= 0.6 is 0 Å². The van der Waals surface area contributed by atoms with Crippen LogP contribution in [0.1, 0.15) is 53.9 Å². The van der Waals surface area contributed by atoms with Crippen LogP contribution in [0, 0.1) is 5.41 Å². The van der Waals surface area contributed by atoms with Gasteiger partial charge in [-0.2, -0.15) is 8.42 Å². The molecule has 0 aromatic rings. The monoisotopic (exact) mass is 384 g/mol. The summed E-state index contributed by atoms with van der Waals surface area (Å²) >= 11 is 0. The molecule has 0 fully saturated rings. The Morgan fingerprint density at radius 1 is 1.15 bits per heavy atom. The van der Waals surface area contributed by atoms with Crippen LogP contribution in [0.5, 0.6) is 0 Å². The van der Waals surface area contributed by atoms with Crippen LogP contribution in [0.15, 0.2) is 58.7 Å². The highest BCUT2D eigenvalue weighted by Crippen LogP contribution is 2.40. The predicted octanol–water partition coefficient (Wildman–Crippen LogP) is 4.86. The molecule has 0 aliphatic heterocycles. The molecule has 0 bridgehead atoms. The van der Waals surface area contributed by atoms with Crippen molar-refractivity contribution >= 4 is 10.4 Å². The molecular weight excluding hydrogens is 352 g/mol. The Kier molecular flexibility index (Phi) is 10.6. The van der Waals surface area contributed by atoms with Crippen LogP contribution in [0.25, 0.3) is 0 Å². The zero-order valence-electron chi connectivity index (χ0n) is 16.4. The second-order valence-electron chi connectivity index (χ2n) is 7.11. The van der Waals surface area contributed by atoms with Gasteiger partial charge in [0, 0.05) is 0 Å². The predicted molar refractivity (Wildman–Crippen MR) is 107 cm³/mol. The number of hydrogen-bond acceptors (Lipinski definition) is 3. The molecule has 0 amide bonds. The molecule has 0 atom stereocenters. The van der Waals surface area contributed by atoms with Crippen molar-refractivity contribution in [3.8, 4) is 0 Å². The molecule has 1 rings (SSSR count). The van der Waals surface area contributed by atoms with Crippen LogP contribution < -0.4 is 0 Å². The third-order valence-electron chi connectivity index (χ3n) is 4.19. The summed E-state index contributed by atoms with van der Waals surface area (Å²) in [6.45, 7) is 11.2. The molecule has 6 heteroatoms. The maximum absolute atomic E-state index is 8.81. The zero-order valence-corrected chi connectivity index (χ0v) is 17.2. The summed E-state index contributed by atoms with van der Waals surface area (Å²) in [6.07, 6.45) is 16.3. The smallest absolute Gasteiger partial charge is 0.392 e. The lowest BCUT2D eigenvalue weighted by molar-refractivity contribution is 0.342. The molecule has 0 heterocycles. The Bertz CT molecular complexity index is 696. The van der Waals surface area contributed by atoms with Crippen LogP contribution in [-0.2, 0) is 10.4 Å². The Morgan fingerprint density at radius 2 is 1.73 bits per heavy atom. The van der Waals surface area contributed by atoms with Gasteiger partial charge in [-0.05, 0) is 51.0 Å². The van der Waals surface area contributed by atoms with E-state index in [9.17, 15) is 0 Å². The molecule has 0 saturated heterocycles. The molecule has 0 unspecified atom stereocenters. The average Bonchev–Trinajstić information content (AvgIpc) is 2.44. The topological polar surface area (TPSA) is 94.8 Å². The van der Waals surface area contributed by atoms with Gasteiger partial charge < -0.3 is 5.11 Å². The molecule has 1 aliphatic carbocycles. The second kappa shape index (κ2) is 11.3. The fourth-order valence-corrected chi connectivity index (χ4v) is 2.84. The lowest BCUT2D eigenvalue weighted by Gasteiger charge is -2.32. The molecule has 26 heavy (non-hydrogen) atoms. The molecular formula is C20H32O5S. The molecule has 0 aromatic carbocycles. The molecule has 3 N–H and O–H groups in total. The lowest BCUT2D eigenvalue weighted by Crippen LogP contribution is -2.19. The van der Waals surface area contributed by atoms with Gasteiger partial charge in [-0.15, -0.1) is 0 Å². The van der Waals surface area contributed by atoms with Crippen molar-refractivity contribution in [2.24, 2.45) is 5.41 Å². The standard InChI is InChI=1S/C20H30O.H2O4S/c1-16(8-6-9-17(2)13-15-21)11-12-19-18(3)10-7-14-20(19,4)5;1-5(2,3)4/h6,8-9,11-13,21H,7,10,14-15H2,1-5H3;(H2,1,2,3,4)/b9-6+,12-11+,16-8+,17-13+;. The van der Waals surface area contributed by atoms with Crippen molar-refractivity contribution in [2.75, 3.05) is 6.61 Å². The summed E-state index contributed by atoms with van der Waals surface area (Å²) in [5.41, 5.74) is 5.66. The molecule has 0 aromatic heterocycles. The minimum atomic E-state index is -4.67. The van der Waals surface area contributed by atoms with E-state index in [-0.39, 0.29) is 6.61 Å². The molecule has 0 radical (unpaired) electrons. The molecule has 1 aliphatic rings. The van der Waals surface area contributed by atoms with E-state index in [0.29, 0.717) is 5.41 Å². The maximum Gasteiger partial charge on any atom is 0.394 e. The average molecular weight is 385 g/mol. The van der Waals surface area contributed by atoms with Crippen molar-refractivity contribution in [3.63, 3.8) is 0 Å². The third-order valence-corrected chi connectivity index (χ3v) is 4.19. The van der Waals surface area contributed by atoms with E-state index in [1.807, 2.05) is 19.1 Å². The van der Waals surface area contributed by atoms with Gasteiger partial charge in [0.2, 0.25) is 0 Å². The van der Waals surface area contributed by atoms with Crippen molar-refractivity contribution in [2.45, 2.75) is 53.9 Å². The first-order chi connectivity index (χ1) is 11.9. The summed E-state index contributed by atoms with van der Waals surface area (Å²) < 4.78 is 31.6. The Balaban J connectivity index is 0.00000110. The highest BCUT2D eigenvalue weighted by molar-refractivity contribution is 7.79. The summed E-state index contributed by atoms with van der Waals surface area (Å²) in [6, 6.07) is 0. The van der Waals surface area contributed by atoms with Crippen molar-refractivity contribution in [3.05, 3.63) is 58.7 Å². The van der Waals surface area contributed by atoms with Crippen LogP contribution in [0.2, 0.25) is 0 Å². The van der Waals surface area contributed by atoms with Crippen molar-refractivity contribution in [1.82, 2.24) is 0 Å². The molecule has 0 saturated carbocycles. The normalized spacial score (nSPS) is 19.1. The highest BCUT2D eigenvalue weighted by Gasteiger charge is 2.26. The first-order valence-corrected chi connectivity index (χ1v) is 9.97. The first kappa shape index (κ1) is 24.5. The maximum atomic E-state index is 8.81. The SMILES string of the molecule is CC1=C(/C=C/C(C)=C/C=C/C(C)=C/CO)C(C)(C)CCC1.O=S(=O)(O)O. The largest absolute Gasteiger partial charge is 0.394 e. The van der Waals surface area contributed by atoms with Gasteiger partial charge in [0.25, 0.3) is 0 Å². The fourth-order valence-electron chi connectivity index (χ4n) is 2.84. The fraction of sp³-hybridized carbons (Fsp3) is 0.500. The van der Waals surface area contributed by atoms with Gasteiger partial charge in [-0.25, -0.2) is 0 Å². The zero-order chi connectivity index (χ0) is 20.4. The lowest BCUT2D eigenvalue weighted by atomic mass is 9.72. The van der Waals surface area contributed by atoms with Gasteiger partial charge in [0.15, 0.2) is 0 Å². The summed E-state index contributed by atoms with van der Waals surface area (Å²) in [7, 11) is -4.67. The van der Waals surface area contributed by atoms with E-state index in [0.717, 1.165) is 5.57 Å². The number of hydrogen-bond donors (Lipinski definition) is 3. The van der Waals surface area contributed by atoms with Gasteiger partial charge >= 0.3 is 10.4 Å². The summed E-state index contributed by atoms with van der Waals surface area (Å²) in [5, 5.41) is 8.81. The third kappa shape index (κ3) is 12.0. The number of rotatable bonds is 5. The molecule has 148 valence electrons. The molecule has 5 nitrogen and oxygen atoms in total. The highest BCUT2D eigenvalue weighted by atomic mass is 32.3. The number of aliphatic hydroxyl groups excluding tert-OH is 1. The van der Waals surface area contributed by atoms with E-state index in [1.165, 1.54) is 36.0 Å². The summed E-state index contributed by atoms with van der Waals surface area (Å²) in [5.74, 6) is 0. The van der Waals surface area contributed by atoms with E-state index in [1.54, 1.807) is 6.08 Å². The summed E-state index contributed by atoms with van der Waals surface area (Å²) in [4.78, 5) is 0. The quantitative estimate of drug-likeness (QED) is 0.465. The van der Waals surface area contributed by atoms with Crippen molar-refractivity contribution < 1.29 is 22.6 Å². The Hall–Kier alpha value is -1.47. The minimum absolute atomic E-state index is 0.0985. The van der Waals surface area contributed by atoms with Crippen LogP contribution in [0.3, 0.4) is 0 Å². The van der Waals surface area contributed by atoms with E-state index in [4.69, 9.17) is 22.6 Å². The Morgan fingerprint density at radius 3 is 2.23 bits per heavy atom. The van der Waals surface area contributed by atoms with E-state index < -0.39 is 10.4 Å². The van der Waals surface area contributed by atoms with Gasteiger partial charge in [0.05, 0.1) is 6.61 Å². The number of aliphatic hydroxyl groups is 1. The van der Waals surface area contributed by atoms with Gasteiger partial charge in [-0.3, -0.25) is 9.11 Å². The molecule has 0 spiro atoms. The minimum Gasteiger partial charge on any atom is -0.392 e. The van der Waals surface area contributed by atoms with Gasteiger partial charge in [0.1, 0.15) is 0 Å². The second-order valence-corrected chi connectivity index (χ2v) is 8.01. The first-order valence-electron chi connectivity index (χ1n) is 8.57. The van der Waals surface area contributed by atoms with Crippen molar-refractivity contribution in [1.29, 1.82) is 0 Å². The van der Waals surface area contributed by atoms with Gasteiger partial charge in [-0.1, -0.05) is 67.0 Å². The van der Waals surface area contributed by atoms with Crippen LogP contribution in [0.4, 0.5) is 0 Å². The van der Waals surface area contributed by atoms with E-state index in [2.05, 4.69) is 45.9 Å². The number of allylic oxidation sites excluding steroid dienone is 9. The Labute approximate surface area is 158 Å². The van der Waals surface area contributed by atoms with E-state index >= 15 is 0 Å².